The predicted octanol–water partition coefficient (Wildman–Crippen LogP) is 4.22. The Morgan fingerprint density at radius 1 is 1.42 bits per heavy atom. The minimum atomic E-state index is 0.188. The Morgan fingerprint density at radius 3 is 2.58 bits per heavy atom. The standard InChI is InChI=1S/C17H32N2/c1-7-8-9-15(18-6)16(2,3)11-10-14-12-17(4,5)19-13-14/h8-9,14,19H,7,10-13H2,1-6H3/b9-8-,18-15?. The molecular formula is C17H32N2. The number of aliphatic imine (C=N–C) groups is 1. The first kappa shape index (κ1) is 16.4. The highest BCUT2D eigenvalue weighted by atomic mass is 15.0. The van der Waals surface area contributed by atoms with Gasteiger partial charge in [-0.25, -0.2) is 0 Å². The van der Waals surface area contributed by atoms with E-state index in [4.69, 9.17) is 0 Å². The molecule has 1 atom stereocenters. The van der Waals surface area contributed by atoms with E-state index in [2.05, 4.69) is 57.1 Å². The van der Waals surface area contributed by atoms with Crippen LogP contribution < -0.4 is 5.32 Å². The van der Waals surface area contributed by atoms with Gasteiger partial charge in [0.2, 0.25) is 0 Å². The highest BCUT2D eigenvalue weighted by molar-refractivity contribution is 5.99. The molecule has 1 saturated heterocycles. The van der Waals surface area contributed by atoms with Crippen molar-refractivity contribution in [2.75, 3.05) is 13.6 Å². The minimum Gasteiger partial charge on any atom is -0.312 e. The Kier molecular flexibility index (Phi) is 5.79. The zero-order chi connectivity index (χ0) is 14.5. The second-order valence-corrected chi connectivity index (χ2v) is 7.18. The van der Waals surface area contributed by atoms with E-state index in [0.29, 0.717) is 5.54 Å². The summed E-state index contributed by atoms with van der Waals surface area (Å²) >= 11 is 0. The van der Waals surface area contributed by atoms with Crippen LogP contribution in [0.15, 0.2) is 17.1 Å². The molecule has 1 N–H and O–H groups in total. The Bertz CT molecular complexity index is 337. The molecule has 1 rings (SSSR count). The summed E-state index contributed by atoms with van der Waals surface area (Å²) in [5.74, 6) is 0.822. The van der Waals surface area contributed by atoms with Gasteiger partial charge in [-0.2, -0.15) is 0 Å². The first-order valence-corrected chi connectivity index (χ1v) is 7.69. The topological polar surface area (TPSA) is 24.4 Å². The largest absolute Gasteiger partial charge is 0.312 e. The van der Waals surface area contributed by atoms with Gasteiger partial charge in [-0.15, -0.1) is 0 Å². The minimum absolute atomic E-state index is 0.188. The quantitative estimate of drug-likeness (QED) is 0.714. The van der Waals surface area contributed by atoms with Crippen molar-refractivity contribution in [3.63, 3.8) is 0 Å². The van der Waals surface area contributed by atoms with Crippen molar-refractivity contribution in [3.8, 4) is 0 Å². The van der Waals surface area contributed by atoms with Crippen LogP contribution in [0.3, 0.4) is 0 Å². The van der Waals surface area contributed by atoms with Gasteiger partial charge >= 0.3 is 0 Å². The number of nitrogens with one attached hydrogen (secondary N) is 1. The average molecular weight is 264 g/mol. The van der Waals surface area contributed by atoms with E-state index in [-0.39, 0.29) is 5.41 Å². The fraction of sp³-hybridized carbons (Fsp3) is 0.824. The molecule has 1 unspecified atom stereocenters. The van der Waals surface area contributed by atoms with Gasteiger partial charge < -0.3 is 5.32 Å². The third kappa shape index (κ3) is 5.10. The van der Waals surface area contributed by atoms with Crippen molar-refractivity contribution >= 4 is 5.71 Å². The third-order valence-electron chi connectivity index (χ3n) is 4.29. The lowest BCUT2D eigenvalue weighted by molar-refractivity contribution is 0.378. The van der Waals surface area contributed by atoms with Crippen molar-refractivity contribution in [2.45, 2.75) is 65.8 Å². The summed E-state index contributed by atoms with van der Waals surface area (Å²) in [6.07, 6.45) is 9.31. The van der Waals surface area contributed by atoms with Crippen molar-refractivity contribution in [1.82, 2.24) is 5.32 Å². The van der Waals surface area contributed by atoms with E-state index >= 15 is 0 Å². The van der Waals surface area contributed by atoms with Gasteiger partial charge in [0, 0.05) is 23.7 Å². The fourth-order valence-corrected chi connectivity index (χ4v) is 3.02. The van der Waals surface area contributed by atoms with E-state index in [0.717, 1.165) is 12.3 Å². The molecule has 0 aromatic rings. The molecule has 0 bridgehead atoms. The van der Waals surface area contributed by atoms with E-state index < -0.39 is 0 Å². The summed E-state index contributed by atoms with van der Waals surface area (Å²) in [6.45, 7) is 12.6. The molecule has 2 heteroatoms. The van der Waals surface area contributed by atoms with Gasteiger partial charge in [-0.1, -0.05) is 26.8 Å². The first-order chi connectivity index (χ1) is 8.80. The van der Waals surface area contributed by atoms with Crippen molar-refractivity contribution in [1.29, 1.82) is 0 Å². The number of rotatable bonds is 6. The fourth-order valence-electron chi connectivity index (χ4n) is 3.02. The number of hydrogen-bond acceptors (Lipinski definition) is 2. The summed E-state index contributed by atoms with van der Waals surface area (Å²) in [5, 5.41) is 3.62. The van der Waals surface area contributed by atoms with Crippen LogP contribution in [-0.2, 0) is 0 Å². The molecule has 2 nitrogen and oxygen atoms in total. The Balaban J connectivity index is 2.53. The van der Waals surface area contributed by atoms with Crippen LogP contribution in [0.25, 0.3) is 0 Å². The second-order valence-electron chi connectivity index (χ2n) is 7.18. The molecule has 0 spiro atoms. The van der Waals surface area contributed by atoms with Crippen LogP contribution in [0.4, 0.5) is 0 Å². The van der Waals surface area contributed by atoms with E-state index in [1.807, 2.05) is 7.05 Å². The molecule has 0 aromatic heterocycles. The Morgan fingerprint density at radius 2 is 2.11 bits per heavy atom. The zero-order valence-electron chi connectivity index (χ0n) is 13.7. The maximum atomic E-state index is 4.49. The lowest BCUT2D eigenvalue weighted by atomic mass is 9.79. The van der Waals surface area contributed by atoms with E-state index in [1.165, 1.54) is 31.5 Å². The van der Waals surface area contributed by atoms with Crippen LogP contribution in [0.5, 0.6) is 0 Å². The zero-order valence-corrected chi connectivity index (χ0v) is 13.7. The molecule has 0 radical (unpaired) electrons. The van der Waals surface area contributed by atoms with Gasteiger partial charge in [-0.3, -0.25) is 4.99 Å². The predicted molar refractivity (Wildman–Crippen MR) is 86.0 cm³/mol. The summed E-state index contributed by atoms with van der Waals surface area (Å²) in [4.78, 5) is 4.49. The third-order valence-corrected chi connectivity index (χ3v) is 4.29. The van der Waals surface area contributed by atoms with E-state index in [1.54, 1.807) is 0 Å². The molecule has 0 aliphatic carbocycles. The van der Waals surface area contributed by atoms with Crippen LogP contribution in [0.2, 0.25) is 0 Å². The molecule has 0 saturated carbocycles. The molecule has 1 aliphatic rings. The van der Waals surface area contributed by atoms with Gasteiger partial charge in [0.25, 0.3) is 0 Å². The van der Waals surface area contributed by atoms with Crippen LogP contribution in [-0.4, -0.2) is 24.8 Å². The van der Waals surface area contributed by atoms with Gasteiger partial charge in [0.1, 0.15) is 0 Å². The monoisotopic (exact) mass is 264 g/mol. The van der Waals surface area contributed by atoms with Crippen molar-refractivity contribution in [2.24, 2.45) is 16.3 Å². The number of hydrogen-bond donors (Lipinski definition) is 1. The van der Waals surface area contributed by atoms with Gasteiger partial charge in [-0.05, 0) is 58.1 Å². The molecule has 1 heterocycles. The van der Waals surface area contributed by atoms with Crippen molar-refractivity contribution < 1.29 is 0 Å². The van der Waals surface area contributed by atoms with E-state index in [9.17, 15) is 0 Å². The lowest BCUT2D eigenvalue weighted by Gasteiger charge is -2.26. The second kappa shape index (κ2) is 6.69. The summed E-state index contributed by atoms with van der Waals surface area (Å²) in [6, 6.07) is 0. The number of allylic oxidation sites excluding steroid dienone is 2. The molecule has 0 amide bonds. The summed E-state index contributed by atoms with van der Waals surface area (Å²) < 4.78 is 0. The molecule has 1 fully saturated rings. The van der Waals surface area contributed by atoms with Crippen LogP contribution in [0, 0.1) is 11.3 Å². The number of nitrogens with zero attached hydrogens (tertiary/aromatic N) is 1. The molecule has 110 valence electrons. The highest BCUT2D eigenvalue weighted by Gasteiger charge is 2.32. The average Bonchev–Trinajstić information content (AvgIpc) is 2.67. The first-order valence-electron chi connectivity index (χ1n) is 7.69. The van der Waals surface area contributed by atoms with Crippen LogP contribution >= 0.6 is 0 Å². The van der Waals surface area contributed by atoms with Gasteiger partial charge in [0.15, 0.2) is 0 Å². The molecular weight excluding hydrogens is 232 g/mol. The van der Waals surface area contributed by atoms with Gasteiger partial charge in [0.05, 0.1) is 0 Å². The summed E-state index contributed by atoms with van der Waals surface area (Å²) in [7, 11) is 1.91. The van der Waals surface area contributed by atoms with Crippen molar-refractivity contribution in [3.05, 3.63) is 12.2 Å². The lowest BCUT2D eigenvalue weighted by Crippen LogP contribution is -2.31. The summed E-state index contributed by atoms with van der Waals surface area (Å²) in [5.41, 5.74) is 1.76. The highest BCUT2D eigenvalue weighted by Crippen LogP contribution is 2.32. The Labute approximate surface area is 119 Å². The van der Waals surface area contributed by atoms with Crippen LogP contribution in [0.1, 0.15) is 60.3 Å². The smallest absolute Gasteiger partial charge is 0.0397 e. The maximum absolute atomic E-state index is 4.49. The molecule has 0 aromatic carbocycles. The SMILES string of the molecule is CC/C=C\C(=NC)C(C)(C)CCC1CNC(C)(C)C1. The Hall–Kier alpha value is -0.630. The normalized spacial score (nSPS) is 24.3. The maximum Gasteiger partial charge on any atom is 0.0397 e. The molecule has 1 aliphatic heterocycles. The molecule has 19 heavy (non-hydrogen) atoms.